The third kappa shape index (κ3) is 2.67. The van der Waals surface area contributed by atoms with E-state index in [1.54, 1.807) is 24.3 Å². The molecule has 0 saturated carbocycles. The number of rotatable bonds is 4. The van der Waals surface area contributed by atoms with Crippen LogP contribution in [-0.2, 0) is 21.7 Å². The molecule has 0 unspecified atom stereocenters. The number of alkyl halides is 3. The van der Waals surface area contributed by atoms with Gasteiger partial charge in [-0.3, -0.25) is 0 Å². The molecule has 104 valence electrons. The molecule has 1 aromatic carbocycles. The second-order valence-corrected chi connectivity index (χ2v) is 4.41. The van der Waals surface area contributed by atoms with Gasteiger partial charge >= 0.3 is 6.18 Å². The van der Waals surface area contributed by atoms with Crippen molar-refractivity contribution in [1.82, 2.24) is 0 Å². The van der Waals surface area contributed by atoms with Crippen LogP contribution in [0.3, 0.4) is 0 Å². The van der Waals surface area contributed by atoms with Gasteiger partial charge in [0, 0.05) is 26.2 Å². The zero-order valence-corrected chi connectivity index (χ0v) is 10.8. The Balaban J connectivity index is 2.36. The molecule has 0 saturated heterocycles. The highest BCUT2D eigenvalue weighted by atomic mass is 19.4. The van der Waals surface area contributed by atoms with Gasteiger partial charge in [-0.1, -0.05) is 24.3 Å². The van der Waals surface area contributed by atoms with E-state index < -0.39 is 18.4 Å². The molecule has 2 nitrogen and oxygen atoms in total. The van der Waals surface area contributed by atoms with E-state index in [4.69, 9.17) is 9.47 Å². The molecular weight excluding hydrogens is 257 g/mol. The summed E-state index contributed by atoms with van der Waals surface area (Å²) in [5, 5.41) is 0. The number of halogens is 3. The van der Waals surface area contributed by atoms with E-state index in [1.807, 2.05) is 6.07 Å². The maximum atomic E-state index is 12.4. The van der Waals surface area contributed by atoms with E-state index in [-0.39, 0.29) is 6.42 Å². The average Bonchev–Trinajstić information content (AvgIpc) is 2.75. The van der Waals surface area contributed by atoms with Gasteiger partial charge in [0.2, 0.25) is 5.79 Å². The van der Waals surface area contributed by atoms with Gasteiger partial charge in [-0.05, 0) is 23.6 Å². The summed E-state index contributed by atoms with van der Waals surface area (Å²) in [4.78, 5) is 0. The predicted molar refractivity (Wildman–Crippen MR) is 65.5 cm³/mol. The maximum Gasteiger partial charge on any atom is 0.389 e. The molecule has 1 aromatic rings. The first-order valence-corrected chi connectivity index (χ1v) is 5.90. The largest absolute Gasteiger partial charge is 0.389 e. The molecule has 0 spiro atoms. The summed E-state index contributed by atoms with van der Waals surface area (Å²) in [5.74, 6) is -1.07. The van der Waals surface area contributed by atoms with E-state index in [0.717, 1.165) is 5.56 Å². The summed E-state index contributed by atoms with van der Waals surface area (Å²) >= 11 is 0. The molecule has 0 atom stereocenters. The van der Waals surface area contributed by atoms with Crippen LogP contribution in [0, 0.1) is 0 Å². The van der Waals surface area contributed by atoms with Gasteiger partial charge in [-0.15, -0.1) is 0 Å². The second kappa shape index (κ2) is 4.98. The van der Waals surface area contributed by atoms with E-state index in [1.165, 1.54) is 14.2 Å². The minimum atomic E-state index is -4.17. The quantitative estimate of drug-likeness (QED) is 0.779. The highest BCUT2D eigenvalue weighted by Gasteiger charge is 2.38. The lowest BCUT2D eigenvalue weighted by Gasteiger charge is -2.28. The summed E-state index contributed by atoms with van der Waals surface area (Å²) in [6.45, 7) is 0. The number of benzene rings is 1. The second-order valence-electron chi connectivity index (χ2n) is 4.41. The van der Waals surface area contributed by atoms with Gasteiger partial charge in [-0.25, -0.2) is 0 Å². The van der Waals surface area contributed by atoms with Gasteiger partial charge in [0.25, 0.3) is 0 Å². The zero-order chi connectivity index (χ0) is 14.1. The molecule has 0 heterocycles. The average molecular weight is 272 g/mol. The predicted octanol–water partition coefficient (Wildman–Crippen LogP) is 3.65. The molecule has 2 rings (SSSR count). The Bertz CT molecular complexity index is 488. The SMILES string of the molecule is COC1(OC)C=Cc2cccc(CCC(F)(F)F)c21. The Hall–Kier alpha value is -1.33. The fraction of sp³-hybridized carbons (Fsp3) is 0.429. The number of fused-ring (bicyclic) bond motifs is 1. The van der Waals surface area contributed by atoms with Crippen molar-refractivity contribution in [2.45, 2.75) is 24.8 Å². The number of hydrogen-bond donors (Lipinski definition) is 0. The monoisotopic (exact) mass is 272 g/mol. The first kappa shape index (κ1) is 14.1. The normalized spacial score (nSPS) is 16.7. The topological polar surface area (TPSA) is 18.5 Å². The Morgan fingerprint density at radius 1 is 1.16 bits per heavy atom. The fourth-order valence-corrected chi connectivity index (χ4v) is 2.37. The molecule has 0 amide bonds. The van der Waals surface area contributed by atoms with E-state index in [2.05, 4.69) is 0 Å². The van der Waals surface area contributed by atoms with Crippen LogP contribution < -0.4 is 0 Å². The van der Waals surface area contributed by atoms with Crippen LogP contribution in [0.15, 0.2) is 24.3 Å². The van der Waals surface area contributed by atoms with Crippen molar-refractivity contribution >= 4 is 6.08 Å². The summed E-state index contributed by atoms with van der Waals surface area (Å²) in [6.07, 6.45) is -1.58. The fourth-order valence-electron chi connectivity index (χ4n) is 2.37. The number of ether oxygens (including phenoxy) is 2. The Morgan fingerprint density at radius 3 is 2.42 bits per heavy atom. The summed E-state index contributed by atoms with van der Waals surface area (Å²) in [5.41, 5.74) is 2.11. The van der Waals surface area contributed by atoms with Crippen molar-refractivity contribution in [3.05, 3.63) is 41.0 Å². The van der Waals surface area contributed by atoms with Gasteiger partial charge < -0.3 is 9.47 Å². The third-order valence-electron chi connectivity index (χ3n) is 3.30. The lowest BCUT2D eigenvalue weighted by atomic mass is 9.95. The Labute approximate surface area is 109 Å². The Kier molecular flexibility index (Phi) is 3.69. The lowest BCUT2D eigenvalue weighted by Crippen LogP contribution is -2.28. The van der Waals surface area contributed by atoms with Crippen LogP contribution in [0.2, 0.25) is 0 Å². The molecule has 0 bridgehead atoms. The van der Waals surface area contributed by atoms with Crippen LogP contribution in [0.1, 0.15) is 23.1 Å². The van der Waals surface area contributed by atoms with Crippen LogP contribution in [0.25, 0.3) is 6.08 Å². The Morgan fingerprint density at radius 2 is 1.84 bits per heavy atom. The maximum absolute atomic E-state index is 12.4. The molecule has 1 aliphatic rings. The van der Waals surface area contributed by atoms with Gasteiger partial charge in [0.15, 0.2) is 0 Å². The van der Waals surface area contributed by atoms with Crippen molar-refractivity contribution in [2.75, 3.05) is 14.2 Å². The van der Waals surface area contributed by atoms with Crippen LogP contribution in [0.4, 0.5) is 13.2 Å². The lowest BCUT2D eigenvalue weighted by molar-refractivity contribution is -0.176. The van der Waals surface area contributed by atoms with Crippen LogP contribution in [-0.4, -0.2) is 20.4 Å². The van der Waals surface area contributed by atoms with Gasteiger partial charge in [0.1, 0.15) is 0 Å². The van der Waals surface area contributed by atoms with Crippen molar-refractivity contribution in [1.29, 1.82) is 0 Å². The molecule has 0 fully saturated rings. The van der Waals surface area contributed by atoms with Crippen LogP contribution >= 0.6 is 0 Å². The number of methoxy groups -OCH3 is 2. The molecule has 0 radical (unpaired) electrons. The molecule has 0 N–H and O–H groups in total. The molecular formula is C14H15F3O2. The molecule has 0 aliphatic heterocycles. The first-order chi connectivity index (χ1) is 8.92. The zero-order valence-electron chi connectivity index (χ0n) is 10.8. The number of hydrogen-bond acceptors (Lipinski definition) is 2. The van der Waals surface area contributed by atoms with Crippen molar-refractivity contribution in [2.24, 2.45) is 0 Å². The summed E-state index contributed by atoms with van der Waals surface area (Å²) in [6, 6.07) is 5.27. The van der Waals surface area contributed by atoms with Crippen molar-refractivity contribution < 1.29 is 22.6 Å². The van der Waals surface area contributed by atoms with Gasteiger partial charge in [0.05, 0.1) is 0 Å². The summed E-state index contributed by atoms with van der Waals surface area (Å²) in [7, 11) is 2.95. The minimum absolute atomic E-state index is 0.0805. The van der Waals surface area contributed by atoms with Crippen molar-refractivity contribution in [3.63, 3.8) is 0 Å². The molecule has 1 aliphatic carbocycles. The minimum Gasteiger partial charge on any atom is -0.346 e. The third-order valence-corrected chi connectivity index (χ3v) is 3.30. The van der Waals surface area contributed by atoms with Crippen molar-refractivity contribution in [3.8, 4) is 0 Å². The van der Waals surface area contributed by atoms with Gasteiger partial charge in [-0.2, -0.15) is 13.2 Å². The molecule has 5 heteroatoms. The van der Waals surface area contributed by atoms with E-state index >= 15 is 0 Å². The smallest absolute Gasteiger partial charge is 0.346 e. The highest BCUT2D eigenvalue weighted by Crippen LogP contribution is 2.40. The summed E-state index contributed by atoms with van der Waals surface area (Å²) < 4.78 is 47.8. The molecule has 19 heavy (non-hydrogen) atoms. The highest BCUT2D eigenvalue weighted by molar-refractivity contribution is 5.65. The standard InChI is InChI=1S/C14H15F3O2/c1-18-13(19-2)8-6-10-4-3-5-11(12(10)13)7-9-14(15,16)17/h3-6,8H,7,9H2,1-2H3. The van der Waals surface area contributed by atoms with E-state index in [0.29, 0.717) is 11.1 Å². The number of aryl methyl sites for hydroxylation is 1. The first-order valence-electron chi connectivity index (χ1n) is 5.90. The molecule has 0 aromatic heterocycles. The van der Waals surface area contributed by atoms with E-state index in [9.17, 15) is 13.2 Å². The van der Waals surface area contributed by atoms with Crippen LogP contribution in [0.5, 0.6) is 0 Å².